The molecule has 0 radical (unpaired) electrons. The Kier molecular flexibility index (Phi) is 6.11. The summed E-state index contributed by atoms with van der Waals surface area (Å²) in [5.41, 5.74) is 2.31. The number of nitrogens with one attached hydrogen (secondary N) is 1. The maximum absolute atomic E-state index is 12.9. The zero-order chi connectivity index (χ0) is 21.3. The molecule has 3 heterocycles. The van der Waals surface area contributed by atoms with Crippen LogP contribution in [0.4, 0.5) is 0 Å². The average Bonchev–Trinajstić information content (AvgIpc) is 3.34. The van der Waals surface area contributed by atoms with E-state index in [2.05, 4.69) is 34.1 Å². The van der Waals surface area contributed by atoms with Crippen molar-refractivity contribution in [1.82, 2.24) is 19.7 Å². The molecule has 2 atom stereocenters. The summed E-state index contributed by atoms with van der Waals surface area (Å²) in [5, 5.41) is 1.19. The standard InChI is InChI=1S/C23H32N4O3/c1-16(28)26-10-7-19(8-11-26)30-20-13-22(23(29)25(2)3)27(15-20)14-17-4-5-18-6-9-24-21(18)12-17/h4-6,9,12,19-20,22,24H,7-8,10-11,13-15H2,1-3H3/t20-,22-/m0/s1. The van der Waals surface area contributed by atoms with Crippen molar-refractivity contribution in [2.24, 2.45) is 0 Å². The van der Waals surface area contributed by atoms with Crippen LogP contribution in [-0.2, 0) is 20.9 Å². The fourth-order valence-electron chi connectivity index (χ4n) is 4.70. The number of likely N-dealkylation sites (N-methyl/N-ethyl adjacent to an activating group) is 1. The first-order valence-corrected chi connectivity index (χ1v) is 10.8. The first-order valence-electron chi connectivity index (χ1n) is 10.8. The van der Waals surface area contributed by atoms with Gasteiger partial charge in [0.1, 0.15) is 0 Å². The van der Waals surface area contributed by atoms with Gasteiger partial charge in [-0.2, -0.15) is 0 Å². The second kappa shape index (κ2) is 8.78. The van der Waals surface area contributed by atoms with E-state index >= 15 is 0 Å². The minimum Gasteiger partial charge on any atom is -0.373 e. The van der Waals surface area contributed by atoms with E-state index in [-0.39, 0.29) is 30.1 Å². The van der Waals surface area contributed by atoms with E-state index in [9.17, 15) is 9.59 Å². The van der Waals surface area contributed by atoms with Gasteiger partial charge in [0, 0.05) is 58.9 Å². The van der Waals surface area contributed by atoms with E-state index in [0.29, 0.717) is 6.42 Å². The van der Waals surface area contributed by atoms with Crippen LogP contribution in [0.1, 0.15) is 31.7 Å². The number of rotatable bonds is 5. The van der Waals surface area contributed by atoms with Crippen LogP contribution in [0.15, 0.2) is 30.5 Å². The summed E-state index contributed by atoms with van der Waals surface area (Å²) >= 11 is 0. The number of carbonyl (C=O) groups is 2. The predicted octanol–water partition coefficient (Wildman–Crippen LogP) is 2.23. The molecule has 2 aliphatic heterocycles. The zero-order valence-electron chi connectivity index (χ0n) is 18.1. The number of fused-ring (bicyclic) bond motifs is 1. The third kappa shape index (κ3) is 4.52. The van der Waals surface area contributed by atoms with Gasteiger partial charge in [-0.1, -0.05) is 12.1 Å². The normalized spacial score (nSPS) is 23.2. The van der Waals surface area contributed by atoms with Crippen LogP contribution in [0.5, 0.6) is 0 Å². The number of piperidine rings is 1. The number of H-pyrrole nitrogens is 1. The fourth-order valence-corrected chi connectivity index (χ4v) is 4.70. The van der Waals surface area contributed by atoms with E-state index in [0.717, 1.165) is 44.5 Å². The van der Waals surface area contributed by atoms with E-state index in [1.165, 1.54) is 10.9 Å². The van der Waals surface area contributed by atoms with Crippen molar-refractivity contribution < 1.29 is 14.3 Å². The molecule has 2 aliphatic rings. The van der Waals surface area contributed by atoms with Crippen LogP contribution in [-0.4, -0.2) is 83.5 Å². The summed E-state index contributed by atoms with van der Waals surface area (Å²) in [7, 11) is 3.63. The van der Waals surface area contributed by atoms with Crippen LogP contribution in [0.3, 0.4) is 0 Å². The van der Waals surface area contributed by atoms with Gasteiger partial charge in [-0.05, 0) is 42.3 Å². The fraction of sp³-hybridized carbons (Fsp3) is 0.565. The smallest absolute Gasteiger partial charge is 0.239 e. The maximum Gasteiger partial charge on any atom is 0.239 e. The first kappa shape index (κ1) is 20.9. The highest BCUT2D eigenvalue weighted by Crippen LogP contribution is 2.27. The number of aromatic nitrogens is 1. The lowest BCUT2D eigenvalue weighted by Crippen LogP contribution is -2.42. The molecule has 2 saturated heterocycles. The Balaban J connectivity index is 1.42. The second-order valence-corrected chi connectivity index (χ2v) is 8.78. The predicted molar refractivity (Wildman–Crippen MR) is 116 cm³/mol. The van der Waals surface area contributed by atoms with Gasteiger partial charge in [-0.3, -0.25) is 14.5 Å². The zero-order valence-corrected chi connectivity index (χ0v) is 18.1. The van der Waals surface area contributed by atoms with Crippen molar-refractivity contribution in [3.05, 3.63) is 36.0 Å². The van der Waals surface area contributed by atoms with Crippen molar-refractivity contribution in [1.29, 1.82) is 0 Å². The van der Waals surface area contributed by atoms with Crippen molar-refractivity contribution in [2.45, 2.75) is 51.0 Å². The van der Waals surface area contributed by atoms with Crippen molar-refractivity contribution in [3.8, 4) is 0 Å². The summed E-state index contributed by atoms with van der Waals surface area (Å²) in [6.07, 6.45) is 4.61. The lowest BCUT2D eigenvalue weighted by Gasteiger charge is -2.32. The van der Waals surface area contributed by atoms with Gasteiger partial charge < -0.3 is 19.5 Å². The summed E-state index contributed by atoms with van der Waals surface area (Å²) in [4.78, 5) is 33.5. The van der Waals surface area contributed by atoms with E-state index in [4.69, 9.17) is 4.74 Å². The Morgan fingerprint density at radius 2 is 1.93 bits per heavy atom. The number of hydrogen-bond donors (Lipinski definition) is 1. The van der Waals surface area contributed by atoms with Crippen LogP contribution in [0.2, 0.25) is 0 Å². The highest BCUT2D eigenvalue weighted by Gasteiger charge is 2.39. The van der Waals surface area contributed by atoms with Crippen molar-refractivity contribution in [2.75, 3.05) is 33.7 Å². The Bertz CT molecular complexity index is 901. The molecule has 0 bridgehead atoms. The van der Waals surface area contributed by atoms with Crippen molar-refractivity contribution in [3.63, 3.8) is 0 Å². The van der Waals surface area contributed by atoms with Crippen LogP contribution in [0, 0.1) is 0 Å². The topological polar surface area (TPSA) is 68.9 Å². The van der Waals surface area contributed by atoms with Gasteiger partial charge in [-0.15, -0.1) is 0 Å². The van der Waals surface area contributed by atoms with Gasteiger partial charge in [0.15, 0.2) is 0 Å². The van der Waals surface area contributed by atoms with Crippen LogP contribution < -0.4 is 0 Å². The van der Waals surface area contributed by atoms with E-state index in [1.54, 1.807) is 11.8 Å². The van der Waals surface area contributed by atoms with E-state index < -0.39 is 0 Å². The maximum atomic E-state index is 12.9. The Morgan fingerprint density at radius 3 is 2.63 bits per heavy atom. The molecule has 2 aromatic rings. The van der Waals surface area contributed by atoms with Crippen molar-refractivity contribution >= 4 is 22.7 Å². The minimum atomic E-state index is -0.165. The monoisotopic (exact) mass is 412 g/mol. The molecule has 7 heteroatoms. The molecule has 162 valence electrons. The number of ether oxygens (including phenoxy) is 1. The molecule has 2 amide bonds. The number of benzene rings is 1. The summed E-state index contributed by atoms with van der Waals surface area (Å²) in [5.74, 6) is 0.268. The Hall–Kier alpha value is -2.38. The molecule has 1 N–H and O–H groups in total. The molecule has 4 rings (SSSR count). The van der Waals surface area contributed by atoms with Gasteiger partial charge in [0.05, 0.1) is 18.2 Å². The van der Waals surface area contributed by atoms with Crippen LogP contribution in [0.25, 0.3) is 10.9 Å². The van der Waals surface area contributed by atoms with Gasteiger partial charge in [0.25, 0.3) is 0 Å². The molecule has 0 saturated carbocycles. The largest absolute Gasteiger partial charge is 0.373 e. The first-order chi connectivity index (χ1) is 14.4. The second-order valence-electron chi connectivity index (χ2n) is 8.78. The van der Waals surface area contributed by atoms with Gasteiger partial charge in [0.2, 0.25) is 11.8 Å². The molecule has 1 aromatic carbocycles. The Morgan fingerprint density at radius 1 is 1.17 bits per heavy atom. The highest BCUT2D eigenvalue weighted by molar-refractivity contribution is 5.82. The quantitative estimate of drug-likeness (QED) is 0.818. The van der Waals surface area contributed by atoms with Crippen LogP contribution >= 0.6 is 0 Å². The lowest BCUT2D eigenvalue weighted by molar-refractivity contribution is -0.134. The summed E-state index contributed by atoms with van der Waals surface area (Å²) in [6.45, 7) is 4.61. The number of nitrogens with zero attached hydrogens (tertiary/aromatic N) is 3. The SMILES string of the molecule is CC(=O)N1CCC(O[C@H]2C[C@@H](C(=O)N(C)C)N(Cc3ccc4cc[nH]c4c3)C2)CC1. The third-order valence-corrected chi connectivity index (χ3v) is 6.37. The van der Waals surface area contributed by atoms with Gasteiger partial charge in [-0.25, -0.2) is 0 Å². The molecular weight excluding hydrogens is 380 g/mol. The minimum absolute atomic E-state index is 0.0435. The summed E-state index contributed by atoms with van der Waals surface area (Å²) in [6, 6.07) is 8.32. The molecule has 0 aliphatic carbocycles. The average molecular weight is 413 g/mol. The number of carbonyl (C=O) groups excluding carboxylic acids is 2. The molecular formula is C23H32N4O3. The molecule has 7 nitrogen and oxygen atoms in total. The molecule has 0 spiro atoms. The number of amides is 2. The summed E-state index contributed by atoms with van der Waals surface area (Å²) < 4.78 is 6.41. The number of aromatic amines is 1. The molecule has 2 fully saturated rings. The molecule has 0 unspecified atom stereocenters. The lowest BCUT2D eigenvalue weighted by atomic mass is 10.1. The molecule has 30 heavy (non-hydrogen) atoms. The molecule has 1 aromatic heterocycles. The van der Waals surface area contributed by atoms with E-state index in [1.807, 2.05) is 25.2 Å². The van der Waals surface area contributed by atoms with Gasteiger partial charge >= 0.3 is 0 Å². The third-order valence-electron chi connectivity index (χ3n) is 6.37. The number of hydrogen-bond acceptors (Lipinski definition) is 4. The highest BCUT2D eigenvalue weighted by atomic mass is 16.5. The number of likely N-dealkylation sites (tertiary alicyclic amines) is 2. The Labute approximate surface area is 178 Å².